The fraction of sp³-hybridized carbons (Fsp3) is 0. The first-order valence-corrected chi connectivity index (χ1v) is 4.17. The van der Waals surface area contributed by atoms with Crippen LogP contribution in [0, 0.1) is 0 Å². The summed E-state index contributed by atoms with van der Waals surface area (Å²) in [4.78, 5) is 0. The molecule has 0 amide bonds. The summed E-state index contributed by atoms with van der Waals surface area (Å²) in [6, 6.07) is 6.06. The number of halogens is 1. The molecule has 2 aromatic rings. The number of hydrogen-bond donors (Lipinski definition) is 1. The van der Waals surface area contributed by atoms with Gasteiger partial charge in [-0.25, -0.2) is 0 Å². The Labute approximate surface area is 81.7 Å². The van der Waals surface area contributed by atoms with Gasteiger partial charge in [-0.2, -0.15) is 0 Å². The number of aromatic nitrogens is 2. The molecular formula is C7H4BrLiN2. The summed E-state index contributed by atoms with van der Waals surface area (Å²) in [7, 11) is 0. The normalized spacial score (nSPS) is 10.8. The van der Waals surface area contributed by atoms with Gasteiger partial charge in [-0.3, -0.25) is 0 Å². The topological polar surface area (TPSA) is 28.7 Å². The number of benzene rings is 1. The predicted octanol–water partition coefficient (Wildman–Crippen LogP) is 1.12. The second-order valence-electron chi connectivity index (χ2n) is 2.47. The molecule has 4 heteroatoms. The first kappa shape index (κ1) is 7.42. The molecule has 0 unspecified atom stereocenters. The molecule has 0 spiro atoms. The van der Waals surface area contributed by atoms with Crippen LogP contribution in [0.3, 0.4) is 0 Å². The summed E-state index contributed by atoms with van der Waals surface area (Å²) < 4.78 is 2.11. The maximum absolute atomic E-state index is 4.10. The van der Waals surface area contributed by atoms with E-state index in [4.69, 9.17) is 0 Å². The van der Waals surface area contributed by atoms with E-state index < -0.39 is 0 Å². The second kappa shape index (κ2) is 2.67. The fourth-order valence-corrected chi connectivity index (χ4v) is 1.59. The van der Waals surface area contributed by atoms with Gasteiger partial charge in [0.05, 0.1) is 0 Å². The Bertz CT molecular complexity index is 396. The molecule has 0 fully saturated rings. The van der Waals surface area contributed by atoms with Gasteiger partial charge in [0.25, 0.3) is 0 Å². The summed E-state index contributed by atoms with van der Waals surface area (Å²) >= 11 is 5.43. The van der Waals surface area contributed by atoms with Crippen LogP contribution in [0.4, 0.5) is 0 Å². The van der Waals surface area contributed by atoms with E-state index in [9.17, 15) is 0 Å². The number of fused-ring (bicyclic) bond motifs is 1. The van der Waals surface area contributed by atoms with Crippen molar-refractivity contribution < 1.29 is 0 Å². The Morgan fingerprint density at radius 1 is 1.45 bits per heavy atom. The summed E-state index contributed by atoms with van der Waals surface area (Å²) in [5, 5.41) is 8.24. The monoisotopic (exact) mass is 202 g/mol. The Balaban J connectivity index is 2.94. The van der Waals surface area contributed by atoms with Crippen LogP contribution in [-0.4, -0.2) is 27.9 Å². The van der Waals surface area contributed by atoms with Gasteiger partial charge in [-0.05, 0) is 0 Å². The molecule has 0 bridgehead atoms. The zero-order chi connectivity index (χ0) is 7.84. The van der Waals surface area contributed by atoms with Crippen LogP contribution in [0.2, 0.25) is 0 Å². The molecule has 1 aromatic heterocycles. The summed E-state index contributed by atoms with van der Waals surface area (Å²) in [6.45, 7) is 0. The third kappa shape index (κ3) is 1.14. The second-order valence-corrected chi connectivity index (χ2v) is 3.33. The number of para-hydroxylation sites is 1. The summed E-state index contributed by atoms with van der Waals surface area (Å²) in [6.07, 6.45) is 0. The minimum atomic E-state index is 1.04. The molecule has 0 aliphatic rings. The van der Waals surface area contributed by atoms with E-state index in [1.54, 1.807) is 0 Å². The third-order valence-electron chi connectivity index (χ3n) is 1.74. The summed E-state index contributed by atoms with van der Waals surface area (Å²) in [5.74, 6) is 0. The molecule has 0 saturated heterocycles. The van der Waals surface area contributed by atoms with Gasteiger partial charge in [0.1, 0.15) is 0 Å². The van der Waals surface area contributed by atoms with Crippen LogP contribution in [0.5, 0.6) is 0 Å². The van der Waals surface area contributed by atoms with Gasteiger partial charge in [0.2, 0.25) is 0 Å². The van der Waals surface area contributed by atoms with Gasteiger partial charge in [0.15, 0.2) is 0 Å². The molecule has 1 heterocycles. The minimum absolute atomic E-state index is 1.04. The molecule has 1 N–H and O–H groups in total. The van der Waals surface area contributed by atoms with E-state index in [2.05, 4.69) is 32.2 Å². The van der Waals surface area contributed by atoms with Crippen molar-refractivity contribution >= 4 is 48.9 Å². The number of nitrogens with zero attached hydrogens (tertiary/aromatic N) is 1. The van der Waals surface area contributed by atoms with Crippen molar-refractivity contribution in [3.63, 3.8) is 0 Å². The van der Waals surface area contributed by atoms with Crippen LogP contribution in [0.25, 0.3) is 10.9 Å². The fourth-order valence-electron chi connectivity index (χ4n) is 1.14. The van der Waals surface area contributed by atoms with Crippen molar-refractivity contribution in [3.8, 4) is 0 Å². The van der Waals surface area contributed by atoms with E-state index in [1.807, 2.05) is 29.8 Å². The first-order valence-electron chi connectivity index (χ1n) is 3.38. The zero-order valence-electron chi connectivity index (χ0n) is 6.06. The molecule has 0 aliphatic carbocycles. The van der Waals surface area contributed by atoms with E-state index in [1.165, 1.54) is 5.39 Å². The maximum atomic E-state index is 4.10. The molecule has 0 radical (unpaired) electrons. The number of aromatic amines is 1. The van der Waals surface area contributed by atoms with E-state index in [-0.39, 0.29) is 0 Å². The van der Waals surface area contributed by atoms with Crippen LogP contribution in [0.1, 0.15) is 0 Å². The van der Waals surface area contributed by atoms with E-state index in [0.29, 0.717) is 0 Å². The van der Waals surface area contributed by atoms with Crippen molar-refractivity contribution in [2.45, 2.75) is 0 Å². The van der Waals surface area contributed by atoms with E-state index in [0.717, 1.165) is 14.4 Å². The van der Waals surface area contributed by atoms with Crippen LogP contribution >= 0.6 is 15.9 Å². The Kier molecular flexibility index (Phi) is 1.80. The molecule has 2 nitrogen and oxygen atoms in total. The van der Waals surface area contributed by atoms with Crippen molar-refractivity contribution in [2.24, 2.45) is 0 Å². The molecular weight excluding hydrogens is 199 g/mol. The van der Waals surface area contributed by atoms with Crippen molar-refractivity contribution in [3.05, 3.63) is 22.7 Å². The number of nitrogens with one attached hydrogen (secondary N) is 1. The van der Waals surface area contributed by atoms with Crippen molar-refractivity contribution in [1.29, 1.82) is 0 Å². The van der Waals surface area contributed by atoms with Crippen molar-refractivity contribution in [2.75, 3.05) is 0 Å². The molecule has 50 valence electrons. The van der Waals surface area contributed by atoms with Gasteiger partial charge in [0, 0.05) is 0 Å². The van der Waals surface area contributed by atoms with E-state index >= 15 is 0 Å². The quantitative estimate of drug-likeness (QED) is 0.638. The number of H-pyrrole nitrogens is 1. The van der Waals surface area contributed by atoms with Gasteiger partial charge >= 0.3 is 81.8 Å². The van der Waals surface area contributed by atoms with Gasteiger partial charge in [-0.1, -0.05) is 0 Å². The Hall–Kier alpha value is -0.233. The molecule has 2 rings (SSSR count). The standard InChI is InChI=1S/C7H4BrN2.Li/c8-6-3-1-2-5-4-9-10-7(5)6;/h1-3H,(H,9,10);. The van der Waals surface area contributed by atoms with Crippen molar-refractivity contribution in [1.82, 2.24) is 10.2 Å². The van der Waals surface area contributed by atoms with Gasteiger partial charge in [-0.15, -0.1) is 0 Å². The Morgan fingerprint density at radius 2 is 2.27 bits per heavy atom. The van der Waals surface area contributed by atoms with Crippen LogP contribution in [-0.2, 0) is 0 Å². The SMILES string of the molecule is [Li][c]1n[nH]c2c(Br)cccc12. The average Bonchev–Trinajstić information content (AvgIpc) is 2.35. The molecule has 1 aromatic carbocycles. The number of rotatable bonds is 0. The third-order valence-corrected chi connectivity index (χ3v) is 2.40. The summed E-state index contributed by atoms with van der Waals surface area (Å²) in [5.41, 5.74) is 1.07. The Morgan fingerprint density at radius 3 is 3.00 bits per heavy atom. The zero-order valence-corrected chi connectivity index (χ0v) is 7.64. The van der Waals surface area contributed by atoms with Crippen LogP contribution in [0.15, 0.2) is 22.7 Å². The van der Waals surface area contributed by atoms with Gasteiger partial charge < -0.3 is 0 Å². The average molecular weight is 203 g/mol. The molecule has 0 saturated carbocycles. The first-order chi connectivity index (χ1) is 5.29. The predicted molar refractivity (Wildman–Crippen MR) is 49.2 cm³/mol. The van der Waals surface area contributed by atoms with Crippen LogP contribution < -0.4 is 4.37 Å². The molecule has 0 atom stereocenters. The molecule has 0 aliphatic heterocycles. The molecule has 11 heavy (non-hydrogen) atoms. The number of hydrogen-bond acceptors (Lipinski definition) is 1.